The highest BCUT2D eigenvalue weighted by atomic mass is 32.2. The Hall–Kier alpha value is -2.68. The number of rotatable bonds is 6. The summed E-state index contributed by atoms with van der Waals surface area (Å²) < 4.78 is 64.4. The van der Waals surface area contributed by atoms with Gasteiger partial charge in [0, 0.05) is 0 Å². The molecule has 1 N–H and O–H groups in total. The van der Waals surface area contributed by atoms with Crippen LogP contribution in [0.2, 0.25) is 0 Å². The number of carbonyl (C=O) groups is 1. The van der Waals surface area contributed by atoms with E-state index in [0.29, 0.717) is 12.1 Å². The van der Waals surface area contributed by atoms with Gasteiger partial charge < -0.3 is 9.47 Å². The number of para-hydroxylation sites is 1. The second kappa shape index (κ2) is 7.47. The van der Waals surface area contributed by atoms with Crippen molar-refractivity contribution in [3.05, 3.63) is 53.6 Å². The van der Waals surface area contributed by atoms with Gasteiger partial charge in [-0.3, -0.25) is 4.72 Å². The van der Waals surface area contributed by atoms with Crippen molar-refractivity contribution in [2.75, 3.05) is 18.4 Å². The molecule has 0 aliphatic carbocycles. The van der Waals surface area contributed by atoms with Gasteiger partial charge in [-0.15, -0.1) is 0 Å². The smallest absolute Gasteiger partial charge is 0.343 e. The number of halogens is 2. The maximum Gasteiger partial charge on any atom is 0.343 e. The zero-order valence-corrected chi connectivity index (χ0v) is 14.2. The minimum Gasteiger partial charge on any atom is -0.492 e. The molecule has 0 aromatic heterocycles. The van der Waals surface area contributed by atoms with Crippen molar-refractivity contribution in [3.63, 3.8) is 0 Å². The summed E-state index contributed by atoms with van der Waals surface area (Å²) in [5.74, 6) is -3.60. The van der Waals surface area contributed by atoms with Crippen LogP contribution in [0, 0.1) is 11.6 Å². The molecule has 0 heterocycles. The van der Waals surface area contributed by atoms with Gasteiger partial charge in [0.2, 0.25) is 0 Å². The Labute approximate surface area is 143 Å². The Morgan fingerprint density at radius 3 is 2.32 bits per heavy atom. The lowest BCUT2D eigenvalue weighted by molar-refractivity contribution is 0.0590. The van der Waals surface area contributed by atoms with Gasteiger partial charge in [0.25, 0.3) is 10.0 Å². The van der Waals surface area contributed by atoms with Gasteiger partial charge in [0.05, 0.1) is 19.4 Å². The summed E-state index contributed by atoms with van der Waals surface area (Å²) in [7, 11) is -3.19. The molecule has 0 saturated carbocycles. The van der Waals surface area contributed by atoms with E-state index in [2.05, 4.69) is 9.46 Å². The molecule has 0 amide bonds. The van der Waals surface area contributed by atoms with Crippen LogP contribution in [0.1, 0.15) is 17.3 Å². The lowest BCUT2D eigenvalue weighted by atomic mass is 10.2. The van der Waals surface area contributed by atoms with E-state index in [9.17, 15) is 22.0 Å². The van der Waals surface area contributed by atoms with E-state index < -0.39 is 33.2 Å². The quantitative estimate of drug-likeness (QED) is 0.790. The number of anilines is 1. The fourth-order valence-corrected chi connectivity index (χ4v) is 3.27. The number of carbonyl (C=O) groups excluding carboxylic acids is 1. The van der Waals surface area contributed by atoms with Crippen LogP contribution in [0.5, 0.6) is 5.75 Å². The van der Waals surface area contributed by atoms with Crippen molar-refractivity contribution in [2.24, 2.45) is 0 Å². The molecular weight excluding hydrogens is 356 g/mol. The Kier molecular flexibility index (Phi) is 5.58. The van der Waals surface area contributed by atoms with Crippen LogP contribution in [0.4, 0.5) is 14.5 Å². The van der Waals surface area contributed by atoms with Crippen LogP contribution in [0.25, 0.3) is 0 Å². The molecule has 0 fully saturated rings. The Morgan fingerprint density at radius 2 is 1.76 bits per heavy atom. The molecule has 0 unspecified atom stereocenters. The monoisotopic (exact) mass is 371 g/mol. The van der Waals surface area contributed by atoms with E-state index in [-0.39, 0.29) is 22.9 Å². The zero-order valence-electron chi connectivity index (χ0n) is 13.4. The Balaban J connectivity index is 2.41. The number of hydrogen-bond donors (Lipinski definition) is 1. The topological polar surface area (TPSA) is 81.7 Å². The van der Waals surface area contributed by atoms with Gasteiger partial charge in [0.1, 0.15) is 27.8 Å². The van der Waals surface area contributed by atoms with Gasteiger partial charge in [-0.1, -0.05) is 12.1 Å². The summed E-state index contributed by atoms with van der Waals surface area (Å²) in [6.07, 6.45) is 0. The van der Waals surface area contributed by atoms with Crippen molar-refractivity contribution in [1.29, 1.82) is 0 Å². The zero-order chi connectivity index (χ0) is 18.6. The standard InChI is InChI=1S/C16H15F2NO5S/c1-3-24-13-6-4-5-7-14(13)25(21,22)19-10-8-11(17)15(12(18)9-10)16(20)23-2/h4-9,19H,3H2,1-2H3. The Bertz CT molecular complexity index is 876. The van der Waals surface area contributed by atoms with E-state index in [1.807, 2.05) is 0 Å². The SMILES string of the molecule is CCOc1ccccc1S(=O)(=O)Nc1cc(F)c(C(=O)OC)c(F)c1. The molecule has 2 rings (SSSR count). The fraction of sp³-hybridized carbons (Fsp3) is 0.188. The summed E-state index contributed by atoms with van der Waals surface area (Å²) in [5.41, 5.74) is -1.28. The van der Waals surface area contributed by atoms with Crippen molar-refractivity contribution in [3.8, 4) is 5.75 Å². The highest BCUT2D eigenvalue weighted by Crippen LogP contribution is 2.27. The summed E-state index contributed by atoms with van der Waals surface area (Å²) in [6.45, 7) is 1.93. The minimum absolute atomic E-state index is 0.102. The maximum absolute atomic E-state index is 13.9. The average Bonchev–Trinajstić information content (AvgIpc) is 2.54. The number of methoxy groups -OCH3 is 1. The third-order valence-electron chi connectivity index (χ3n) is 3.12. The van der Waals surface area contributed by atoms with E-state index in [4.69, 9.17) is 4.74 Å². The molecule has 2 aromatic rings. The molecular formula is C16H15F2NO5S. The first-order chi connectivity index (χ1) is 11.8. The van der Waals surface area contributed by atoms with Gasteiger partial charge in [-0.05, 0) is 31.2 Å². The van der Waals surface area contributed by atoms with Crippen molar-refractivity contribution >= 4 is 21.7 Å². The molecule has 0 radical (unpaired) electrons. The molecule has 0 bridgehead atoms. The van der Waals surface area contributed by atoms with Gasteiger partial charge >= 0.3 is 5.97 Å². The largest absolute Gasteiger partial charge is 0.492 e. The number of sulfonamides is 1. The molecule has 0 atom stereocenters. The number of hydrogen-bond acceptors (Lipinski definition) is 5. The minimum atomic E-state index is -4.16. The first-order valence-electron chi connectivity index (χ1n) is 7.12. The third-order valence-corrected chi connectivity index (χ3v) is 4.54. The van der Waals surface area contributed by atoms with Crippen LogP contribution >= 0.6 is 0 Å². The van der Waals surface area contributed by atoms with Crippen LogP contribution < -0.4 is 9.46 Å². The van der Waals surface area contributed by atoms with Gasteiger partial charge in [-0.2, -0.15) is 0 Å². The predicted molar refractivity (Wildman–Crippen MR) is 86.1 cm³/mol. The van der Waals surface area contributed by atoms with E-state index in [1.165, 1.54) is 18.2 Å². The summed E-state index contributed by atoms with van der Waals surface area (Å²) >= 11 is 0. The van der Waals surface area contributed by atoms with Crippen LogP contribution in [-0.4, -0.2) is 28.1 Å². The molecule has 9 heteroatoms. The third kappa shape index (κ3) is 4.05. The van der Waals surface area contributed by atoms with Crippen molar-refractivity contribution in [2.45, 2.75) is 11.8 Å². The van der Waals surface area contributed by atoms with Crippen molar-refractivity contribution in [1.82, 2.24) is 0 Å². The van der Waals surface area contributed by atoms with E-state index >= 15 is 0 Å². The lowest BCUT2D eigenvalue weighted by Crippen LogP contribution is -2.16. The molecule has 2 aromatic carbocycles. The van der Waals surface area contributed by atoms with Gasteiger partial charge in [-0.25, -0.2) is 22.0 Å². The number of nitrogens with one attached hydrogen (secondary N) is 1. The second-order valence-electron chi connectivity index (χ2n) is 4.79. The number of esters is 1. The van der Waals surface area contributed by atoms with E-state index in [0.717, 1.165) is 7.11 Å². The van der Waals surface area contributed by atoms with Crippen LogP contribution in [0.15, 0.2) is 41.3 Å². The number of ether oxygens (including phenoxy) is 2. The first-order valence-corrected chi connectivity index (χ1v) is 8.60. The molecule has 25 heavy (non-hydrogen) atoms. The highest BCUT2D eigenvalue weighted by Gasteiger charge is 2.23. The molecule has 0 aliphatic heterocycles. The first kappa shape index (κ1) is 18.7. The predicted octanol–water partition coefficient (Wildman–Crippen LogP) is 2.95. The highest BCUT2D eigenvalue weighted by molar-refractivity contribution is 7.92. The van der Waals surface area contributed by atoms with Crippen molar-refractivity contribution < 1.29 is 31.5 Å². The average molecular weight is 371 g/mol. The number of benzene rings is 2. The molecule has 134 valence electrons. The second-order valence-corrected chi connectivity index (χ2v) is 6.44. The van der Waals surface area contributed by atoms with E-state index in [1.54, 1.807) is 13.0 Å². The summed E-state index contributed by atoms with van der Waals surface area (Å²) in [5, 5.41) is 0. The summed E-state index contributed by atoms with van der Waals surface area (Å²) in [6, 6.07) is 7.21. The van der Waals surface area contributed by atoms with Crippen LogP contribution in [0.3, 0.4) is 0 Å². The normalized spacial score (nSPS) is 11.0. The molecule has 0 saturated heterocycles. The lowest BCUT2D eigenvalue weighted by Gasteiger charge is -2.13. The molecule has 0 aliphatic rings. The Morgan fingerprint density at radius 1 is 1.16 bits per heavy atom. The summed E-state index contributed by atoms with van der Waals surface area (Å²) in [4.78, 5) is 11.1. The fourth-order valence-electron chi connectivity index (χ4n) is 2.09. The van der Waals surface area contributed by atoms with Gasteiger partial charge in [0.15, 0.2) is 0 Å². The molecule has 0 spiro atoms. The van der Waals surface area contributed by atoms with Crippen LogP contribution in [-0.2, 0) is 14.8 Å². The maximum atomic E-state index is 13.9. The molecule has 6 nitrogen and oxygen atoms in total.